The van der Waals surface area contributed by atoms with Crippen LogP contribution in [0.5, 0.6) is 0 Å². The highest BCUT2D eigenvalue weighted by Crippen LogP contribution is 2.45. The van der Waals surface area contributed by atoms with Crippen molar-refractivity contribution in [3.8, 4) is 0 Å². The lowest BCUT2D eigenvalue weighted by molar-refractivity contribution is -0.108. The molecule has 0 N–H and O–H groups in total. The number of ether oxygens (including phenoxy) is 4. The zero-order chi connectivity index (χ0) is 31.6. The predicted molar refractivity (Wildman–Crippen MR) is 170 cm³/mol. The molecule has 0 spiro atoms. The monoisotopic (exact) mass is 738 g/mol. The maximum absolute atomic E-state index is 13.6. The van der Waals surface area contributed by atoms with Crippen molar-refractivity contribution in [2.75, 3.05) is 6.61 Å². The molecule has 1 saturated heterocycles. The van der Waals surface area contributed by atoms with Crippen LogP contribution in [0.2, 0.25) is 5.15 Å². The van der Waals surface area contributed by atoms with Gasteiger partial charge in [0.2, 0.25) is 0 Å². The van der Waals surface area contributed by atoms with Crippen molar-refractivity contribution >= 4 is 63.3 Å². The maximum atomic E-state index is 13.6. The molecular weight excluding hydrogens is 715 g/mol. The van der Waals surface area contributed by atoms with Crippen molar-refractivity contribution in [3.63, 3.8) is 0 Å². The van der Waals surface area contributed by atoms with Crippen LogP contribution in [0.15, 0.2) is 97.3 Å². The molecule has 0 saturated carbocycles. The second kappa shape index (κ2) is 12.9. The SMILES string of the molecule is CC1(OC(=O)c2ccccc2)C(OC(=O)c2ccccc2)[C@@H](COC(=O)c2ccccc2)O[C@H]1n1cnc2c(Cl)nc(I)nc21. The van der Waals surface area contributed by atoms with Gasteiger partial charge in [0.15, 0.2) is 32.6 Å². The molecule has 4 atom stereocenters. The van der Waals surface area contributed by atoms with Gasteiger partial charge in [-0.25, -0.2) is 29.3 Å². The Morgan fingerprint density at radius 3 is 2.02 bits per heavy atom. The maximum Gasteiger partial charge on any atom is 0.338 e. The Kier molecular flexibility index (Phi) is 8.79. The van der Waals surface area contributed by atoms with E-state index in [1.807, 2.05) is 22.6 Å². The minimum absolute atomic E-state index is 0.115. The molecule has 5 aromatic rings. The average Bonchev–Trinajstić information content (AvgIpc) is 3.59. The number of aromatic nitrogens is 4. The third-order valence-electron chi connectivity index (χ3n) is 7.25. The van der Waals surface area contributed by atoms with Crippen molar-refractivity contribution in [1.82, 2.24) is 19.5 Å². The molecule has 0 radical (unpaired) electrons. The summed E-state index contributed by atoms with van der Waals surface area (Å²) in [5.74, 6) is -2.00. The van der Waals surface area contributed by atoms with Crippen LogP contribution >= 0.6 is 34.2 Å². The first kappa shape index (κ1) is 30.6. The normalized spacial score (nSPS) is 20.9. The van der Waals surface area contributed by atoms with Gasteiger partial charge >= 0.3 is 17.9 Å². The van der Waals surface area contributed by atoms with E-state index in [9.17, 15) is 14.4 Å². The topological polar surface area (TPSA) is 132 Å². The third-order valence-corrected chi connectivity index (χ3v) is 8.00. The van der Waals surface area contributed by atoms with E-state index in [2.05, 4.69) is 15.0 Å². The Hall–Kier alpha value is -4.40. The van der Waals surface area contributed by atoms with E-state index in [-0.39, 0.29) is 28.4 Å². The first-order valence-electron chi connectivity index (χ1n) is 13.7. The van der Waals surface area contributed by atoms with E-state index >= 15 is 0 Å². The number of nitrogens with zero attached hydrogens (tertiary/aromatic N) is 4. The number of rotatable bonds is 8. The first-order valence-corrected chi connectivity index (χ1v) is 15.2. The number of carbonyl (C=O) groups excluding carboxylic acids is 3. The molecule has 13 heteroatoms. The Balaban J connectivity index is 1.43. The zero-order valence-corrected chi connectivity index (χ0v) is 26.5. The molecule has 1 fully saturated rings. The zero-order valence-electron chi connectivity index (χ0n) is 23.6. The molecule has 2 unspecified atom stereocenters. The van der Waals surface area contributed by atoms with E-state index in [1.54, 1.807) is 97.9 Å². The number of carbonyl (C=O) groups is 3. The Morgan fingerprint density at radius 2 is 1.42 bits per heavy atom. The van der Waals surface area contributed by atoms with Crippen molar-refractivity contribution in [1.29, 1.82) is 0 Å². The quantitative estimate of drug-likeness (QED) is 0.0644. The Morgan fingerprint density at radius 1 is 0.867 bits per heavy atom. The van der Waals surface area contributed by atoms with Crippen LogP contribution in [0.4, 0.5) is 0 Å². The molecule has 1 aliphatic heterocycles. The molecule has 11 nitrogen and oxygen atoms in total. The molecule has 6 rings (SSSR count). The summed E-state index contributed by atoms with van der Waals surface area (Å²) < 4.78 is 26.2. The van der Waals surface area contributed by atoms with Gasteiger partial charge in [-0.3, -0.25) is 4.57 Å². The second-order valence-corrected chi connectivity index (χ2v) is 11.6. The first-order chi connectivity index (χ1) is 21.7. The molecule has 2 aromatic heterocycles. The number of esters is 3. The van der Waals surface area contributed by atoms with Crippen LogP contribution in [-0.4, -0.2) is 61.8 Å². The summed E-state index contributed by atoms with van der Waals surface area (Å²) in [4.78, 5) is 53.0. The van der Waals surface area contributed by atoms with E-state index in [1.165, 1.54) is 10.9 Å². The standard InChI is InChI=1S/C32H24ClIN4O7/c1-32(45-29(41)21-15-9-4-10-16-21)24(44-28(40)20-13-7-3-8-14-20)22(17-42-27(39)19-11-5-2-6-12-19)43-30(32)38-18-35-23-25(33)36-31(34)37-26(23)38/h2-16,18,22,24,30H,17H2,1H3/t22-,24?,30-,32?/m1/s1. The minimum Gasteiger partial charge on any atom is -0.459 e. The average molecular weight is 739 g/mol. The number of halogens is 2. The summed E-state index contributed by atoms with van der Waals surface area (Å²) in [5.41, 5.74) is -0.266. The summed E-state index contributed by atoms with van der Waals surface area (Å²) in [6.07, 6.45) is -2.08. The molecule has 45 heavy (non-hydrogen) atoms. The van der Waals surface area contributed by atoms with E-state index in [0.717, 1.165) is 0 Å². The fraction of sp³-hybridized carbons (Fsp3) is 0.188. The number of hydrogen-bond acceptors (Lipinski definition) is 10. The second-order valence-electron chi connectivity index (χ2n) is 10.2. The highest BCUT2D eigenvalue weighted by molar-refractivity contribution is 14.1. The van der Waals surface area contributed by atoms with Gasteiger partial charge in [-0.1, -0.05) is 66.2 Å². The summed E-state index contributed by atoms with van der Waals surface area (Å²) in [6, 6.07) is 25.1. The number of imidazole rings is 1. The van der Waals surface area contributed by atoms with Crippen LogP contribution in [0.1, 0.15) is 44.2 Å². The lowest BCUT2D eigenvalue weighted by atomic mass is 9.95. The summed E-state index contributed by atoms with van der Waals surface area (Å²) in [6.45, 7) is 1.25. The molecule has 1 aliphatic rings. The summed E-state index contributed by atoms with van der Waals surface area (Å²) >= 11 is 8.29. The Labute approximate surface area is 275 Å². The van der Waals surface area contributed by atoms with Gasteiger partial charge in [-0.05, 0) is 43.3 Å². The molecular formula is C32H24ClIN4O7. The van der Waals surface area contributed by atoms with Crippen LogP contribution in [0.25, 0.3) is 11.2 Å². The fourth-order valence-corrected chi connectivity index (χ4v) is 5.91. The van der Waals surface area contributed by atoms with Crippen molar-refractivity contribution in [2.45, 2.75) is 31.0 Å². The van der Waals surface area contributed by atoms with Crippen LogP contribution in [0, 0.1) is 3.83 Å². The molecule has 3 heterocycles. The number of benzene rings is 3. The number of hydrogen-bond donors (Lipinski definition) is 0. The van der Waals surface area contributed by atoms with Crippen LogP contribution < -0.4 is 0 Å². The van der Waals surface area contributed by atoms with Gasteiger partial charge in [0.25, 0.3) is 0 Å². The molecule has 0 amide bonds. The van der Waals surface area contributed by atoms with E-state index < -0.39 is 41.9 Å². The van der Waals surface area contributed by atoms with Gasteiger partial charge in [-0.2, -0.15) is 0 Å². The highest BCUT2D eigenvalue weighted by Gasteiger charge is 2.60. The van der Waals surface area contributed by atoms with Gasteiger partial charge in [0.1, 0.15) is 18.2 Å². The van der Waals surface area contributed by atoms with E-state index in [0.29, 0.717) is 15.0 Å². The predicted octanol–water partition coefficient (Wildman–Crippen LogP) is 5.68. The van der Waals surface area contributed by atoms with Crippen molar-refractivity contribution < 1.29 is 33.3 Å². The Bertz CT molecular complexity index is 1860. The third kappa shape index (κ3) is 6.26. The highest BCUT2D eigenvalue weighted by atomic mass is 127. The largest absolute Gasteiger partial charge is 0.459 e. The van der Waals surface area contributed by atoms with Gasteiger partial charge in [0.05, 0.1) is 23.0 Å². The molecule has 0 bridgehead atoms. The van der Waals surface area contributed by atoms with Gasteiger partial charge in [0, 0.05) is 22.6 Å². The minimum atomic E-state index is -1.70. The molecule has 0 aliphatic carbocycles. The smallest absolute Gasteiger partial charge is 0.338 e. The molecule has 228 valence electrons. The lowest BCUT2D eigenvalue weighted by Gasteiger charge is -2.34. The van der Waals surface area contributed by atoms with Crippen LogP contribution in [0.3, 0.4) is 0 Å². The summed E-state index contributed by atoms with van der Waals surface area (Å²) in [7, 11) is 0. The fourth-order valence-electron chi connectivity index (χ4n) is 5.09. The number of fused-ring (bicyclic) bond motifs is 1. The van der Waals surface area contributed by atoms with Crippen LogP contribution in [-0.2, 0) is 18.9 Å². The van der Waals surface area contributed by atoms with Gasteiger partial charge < -0.3 is 18.9 Å². The lowest BCUT2D eigenvalue weighted by Crippen LogP contribution is -2.50. The van der Waals surface area contributed by atoms with Crippen molar-refractivity contribution in [2.24, 2.45) is 0 Å². The van der Waals surface area contributed by atoms with Crippen molar-refractivity contribution in [3.05, 3.63) is 123 Å². The van der Waals surface area contributed by atoms with Gasteiger partial charge in [-0.15, -0.1) is 0 Å². The molecule has 3 aromatic carbocycles. The van der Waals surface area contributed by atoms with E-state index in [4.69, 9.17) is 30.5 Å². The summed E-state index contributed by atoms with van der Waals surface area (Å²) in [5, 5.41) is 0.115.